The smallest absolute Gasteiger partial charge is 0.269 e. The van der Waals surface area contributed by atoms with Crippen molar-refractivity contribution in [3.05, 3.63) is 29.1 Å². The molecule has 0 atom stereocenters. The maximum Gasteiger partial charge on any atom is 0.269 e. The minimum atomic E-state index is -0.0987. The molecular weight excluding hydrogens is 176 g/mol. The van der Waals surface area contributed by atoms with E-state index >= 15 is 0 Å². The topological polar surface area (TPSA) is 42.0 Å². The number of aromatic nitrogens is 1. The van der Waals surface area contributed by atoms with Crippen molar-refractivity contribution in [1.82, 2.24) is 10.3 Å². The molecule has 1 aliphatic carbocycles. The Morgan fingerprint density at radius 3 is 2.79 bits per heavy atom. The molecule has 74 valence electrons. The average molecular weight is 190 g/mol. The predicted molar refractivity (Wildman–Crippen MR) is 54.3 cm³/mol. The van der Waals surface area contributed by atoms with Crippen molar-refractivity contribution in [1.29, 1.82) is 0 Å². The van der Waals surface area contributed by atoms with E-state index in [4.69, 9.17) is 0 Å². The number of rotatable bonds is 1. The van der Waals surface area contributed by atoms with Crippen LogP contribution in [0.25, 0.3) is 0 Å². The van der Waals surface area contributed by atoms with E-state index in [1.165, 1.54) is 24.0 Å². The molecule has 1 N–H and O–H groups in total. The molecule has 2 rings (SSSR count). The maximum absolute atomic E-state index is 11.3. The molecule has 0 saturated carbocycles. The third-order valence-corrected chi connectivity index (χ3v) is 2.68. The fraction of sp³-hybridized carbons (Fsp3) is 0.455. The number of carbonyl (C=O) groups excluding carboxylic acids is 1. The van der Waals surface area contributed by atoms with Crippen LogP contribution in [0.5, 0.6) is 0 Å². The number of aryl methyl sites for hydroxylation is 2. The molecule has 0 aliphatic heterocycles. The van der Waals surface area contributed by atoms with Crippen molar-refractivity contribution >= 4 is 5.91 Å². The summed E-state index contributed by atoms with van der Waals surface area (Å²) < 4.78 is 0. The largest absolute Gasteiger partial charge is 0.354 e. The van der Waals surface area contributed by atoms with E-state index in [1.54, 1.807) is 7.05 Å². The zero-order chi connectivity index (χ0) is 9.97. The molecule has 14 heavy (non-hydrogen) atoms. The van der Waals surface area contributed by atoms with Gasteiger partial charge < -0.3 is 5.32 Å². The summed E-state index contributed by atoms with van der Waals surface area (Å²) in [5, 5.41) is 2.59. The molecule has 0 radical (unpaired) electrons. The van der Waals surface area contributed by atoms with Crippen LogP contribution in [0.3, 0.4) is 0 Å². The molecule has 0 spiro atoms. The lowest BCUT2D eigenvalue weighted by molar-refractivity contribution is 0.0958. The molecule has 1 aromatic rings. The first-order valence-electron chi connectivity index (χ1n) is 5.01. The molecule has 0 aromatic carbocycles. The number of hydrogen-bond acceptors (Lipinski definition) is 2. The second-order valence-electron chi connectivity index (χ2n) is 3.62. The van der Waals surface area contributed by atoms with Crippen molar-refractivity contribution < 1.29 is 4.79 Å². The Kier molecular flexibility index (Phi) is 2.48. The quantitative estimate of drug-likeness (QED) is 0.725. The highest BCUT2D eigenvalue weighted by atomic mass is 16.1. The number of nitrogens with zero attached hydrogens (tertiary/aromatic N) is 1. The average Bonchev–Trinajstić information content (AvgIpc) is 2.27. The minimum Gasteiger partial charge on any atom is -0.354 e. The van der Waals surface area contributed by atoms with E-state index in [9.17, 15) is 4.79 Å². The third-order valence-electron chi connectivity index (χ3n) is 2.68. The predicted octanol–water partition coefficient (Wildman–Crippen LogP) is 1.32. The first-order chi connectivity index (χ1) is 6.81. The van der Waals surface area contributed by atoms with Gasteiger partial charge in [0.25, 0.3) is 5.91 Å². The standard InChI is InChI=1S/C11H14N2O/c1-12-11(14)10-6-8-4-2-3-5-9(8)7-13-10/h6-7H,2-5H2,1H3,(H,12,14). The summed E-state index contributed by atoms with van der Waals surface area (Å²) in [6.45, 7) is 0. The highest BCUT2D eigenvalue weighted by Crippen LogP contribution is 2.20. The van der Waals surface area contributed by atoms with Gasteiger partial charge in [-0.1, -0.05) is 0 Å². The molecular formula is C11H14N2O. The number of fused-ring (bicyclic) bond motifs is 1. The Hall–Kier alpha value is -1.38. The third kappa shape index (κ3) is 1.62. The SMILES string of the molecule is CNC(=O)c1cc2c(cn1)CCCC2. The van der Waals surface area contributed by atoms with Crippen LogP contribution in [0.15, 0.2) is 12.3 Å². The van der Waals surface area contributed by atoms with Crippen LogP contribution in [-0.2, 0) is 12.8 Å². The van der Waals surface area contributed by atoms with Gasteiger partial charge in [0.1, 0.15) is 5.69 Å². The fourth-order valence-corrected chi connectivity index (χ4v) is 1.87. The summed E-state index contributed by atoms with van der Waals surface area (Å²) in [6.07, 6.45) is 6.51. The first kappa shape index (κ1) is 9.19. The van der Waals surface area contributed by atoms with Gasteiger partial charge >= 0.3 is 0 Å². The molecule has 0 saturated heterocycles. The number of hydrogen-bond donors (Lipinski definition) is 1. The van der Waals surface area contributed by atoms with Crippen LogP contribution < -0.4 is 5.32 Å². The molecule has 1 aromatic heterocycles. The lowest BCUT2D eigenvalue weighted by Crippen LogP contribution is -2.20. The normalized spacial score (nSPS) is 14.6. The van der Waals surface area contributed by atoms with Gasteiger partial charge in [0.05, 0.1) is 0 Å². The van der Waals surface area contributed by atoms with Gasteiger partial charge in [0.2, 0.25) is 0 Å². The lowest BCUT2D eigenvalue weighted by atomic mass is 9.93. The van der Waals surface area contributed by atoms with E-state index < -0.39 is 0 Å². The van der Waals surface area contributed by atoms with Gasteiger partial charge in [-0.3, -0.25) is 9.78 Å². The molecule has 1 amide bonds. The molecule has 0 unspecified atom stereocenters. The van der Waals surface area contributed by atoms with E-state index in [1.807, 2.05) is 12.3 Å². The van der Waals surface area contributed by atoms with Crippen LogP contribution >= 0.6 is 0 Å². The van der Waals surface area contributed by atoms with Crippen molar-refractivity contribution in [3.8, 4) is 0 Å². The van der Waals surface area contributed by atoms with E-state index in [-0.39, 0.29) is 5.91 Å². The number of amides is 1. The number of nitrogens with one attached hydrogen (secondary N) is 1. The van der Waals surface area contributed by atoms with Crippen LogP contribution in [0.2, 0.25) is 0 Å². The number of carbonyl (C=O) groups is 1. The first-order valence-corrected chi connectivity index (χ1v) is 5.01. The van der Waals surface area contributed by atoms with Crippen molar-refractivity contribution in [2.75, 3.05) is 7.05 Å². The summed E-state index contributed by atoms with van der Waals surface area (Å²) in [6, 6.07) is 1.92. The fourth-order valence-electron chi connectivity index (χ4n) is 1.87. The van der Waals surface area contributed by atoms with Gasteiger partial charge in [0, 0.05) is 13.2 Å². The summed E-state index contributed by atoms with van der Waals surface area (Å²) in [4.78, 5) is 15.5. The van der Waals surface area contributed by atoms with Gasteiger partial charge in [-0.15, -0.1) is 0 Å². The Labute approximate surface area is 83.5 Å². The zero-order valence-electron chi connectivity index (χ0n) is 8.34. The molecule has 1 aliphatic rings. The van der Waals surface area contributed by atoms with Crippen LogP contribution in [0, 0.1) is 0 Å². The Bertz CT molecular complexity index is 360. The highest BCUT2D eigenvalue weighted by molar-refractivity contribution is 5.92. The molecule has 0 bridgehead atoms. The maximum atomic E-state index is 11.3. The minimum absolute atomic E-state index is 0.0987. The van der Waals surface area contributed by atoms with Crippen molar-refractivity contribution in [2.45, 2.75) is 25.7 Å². The van der Waals surface area contributed by atoms with Crippen LogP contribution in [-0.4, -0.2) is 17.9 Å². The second-order valence-corrected chi connectivity index (χ2v) is 3.62. The summed E-state index contributed by atoms with van der Waals surface area (Å²) in [5.74, 6) is -0.0987. The second kappa shape index (κ2) is 3.78. The lowest BCUT2D eigenvalue weighted by Gasteiger charge is -2.15. The van der Waals surface area contributed by atoms with E-state index in [0.717, 1.165) is 12.8 Å². The molecule has 3 nitrogen and oxygen atoms in total. The van der Waals surface area contributed by atoms with Crippen LogP contribution in [0.1, 0.15) is 34.5 Å². The Morgan fingerprint density at radius 2 is 2.07 bits per heavy atom. The molecule has 0 fully saturated rings. The van der Waals surface area contributed by atoms with Gasteiger partial charge in [-0.05, 0) is 42.9 Å². The van der Waals surface area contributed by atoms with Crippen molar-refractivity contribution in [2.24, 2.45) is 0 Å². The van der Waals surface area contributed by atoms with E-state index in [0.29, 0.717) is 5.69 Å². The monoisotopic (exact) mass is 190 g/mol. The summed E-state index contributed by atoms with van der Waals surface area (Å²) in [7, 11) is 1.63. The Morgan fingerprint density at radius 1 is 1.36 bits per heavy atom. The molecule has 3 heteroatoms. The summed E-state index contributed by atoms with van der Waals surface area (Å²) >= 11 is 0. The van der Waals surface area contributed by atoms with Gasteiger partial charge in [-0.2, -0.15) is 0 Å². The van der Waals surface area contributed by atoms with Gasteiger partial charge in [0.15, 0.2) is 0 Å². The number of pyridine rings is 1. The van der Waals surface area contributed by atoms with Crippen LogP contribution in [0.4, 0.5) is 0 Å². The van der Waals surface area contributed by atoms with E-state index in [2.05, 4.69) is 10.3 Å². The highest BCUT2D eigenvalue weighted by Gasteiger charge is 2.12. The van der Waals surface area contributed by atoms with Gasteiger partial charge in [-0.25, -0.2) is 0 Å². The Balaban J connectivity index is 2.33. The summed E-state index contributed by atoms with van der Waals surface area (Å²) in [5.41, 5.74) is 3.14. The van der Waals surface area contributed by atoms with Crippen molar-refractivity contribution in [3.63, 3.8) is 0 Å². The zero-order valence-corrected chi connectivity index (χ0v) is 8.34. The molecule has 1 heterocycles.